The molecule has 0 spiro atoms. The highest BCUT2D eigenvalue weighted by molar-refractivity contribution is 4.77. The van der Waals surface area contributed by atoms with Crippen molar-refractivity contribution in [2.45, 2.75) is 91.9 Å². The second-order valence-corrected chi connectivity index (χ2v) is 7.32. The van der Waals surface area contributed by atoms with Crippen LogP contribution in [0.4, 0.5) is 0 Å². The largest absolute Gasteiger partial charge is 0.0617 e. The van der Waals surface area contributed by atoms with Crippen LogP contribution in [0.5, 0.6) is 0 Å². The third kappa shape index (κ3) is 5.93. The molecule has 1 unspecified atom stereocenters. The lowest BCUT2D eigenvalue weighted by atomic mass is 9.71. The molecule has 1 fully saturated rings. The summed E-state index contributed by atoms with van der Waals surface area (Å²) in [7, 11) is 0. The quantitative estimate of drug-likeness (QED) is 0.510. The lowest BCUT2D eigenvalue weighted by Crippen LogP contribution is -2.25. The molecule has 0 aliphatic heterocycles. The molecule has 0 aromatic heterocycles. The van der Waals surface area contributed by atoms with Crippen LogP contribution in [0.2, 0.25) is 0 Å². The highest BCUT2D eigenvalue weighted by Crippen LogP contribution is 2.37. The Bertz CT molecular complexity index is 175. The predicted molar refractivity (Wildman–Crippen MR) is 78.3 cm³/mol. The molecule has 1 atom stereocenters. The fourth-order valence-corrected chi connectivity index (χ4v) is 3.23. The first-order valence-electron chi connectivity index (χ1n) is 8.02. The summed E-state index contributed by atoms with van der Waals surface area (Å²) in [6.07, 6.45) is 14.8. The van der Waals surface area contributed by atoms with E-state index in [2.05, 4.69) is 27.7 Å². The fraction of sp³-hybridized carbons (Fsp3) is 1.00. The zero-order chi connectivity index (χ0) is 12.7. The Labute approximate surface area is 110 Å². The molecule has 0 aromatic rings. The second kappa shape index (κ2) is 7.44. The molecular formula is C17H34. The lowest BCUT2D eigenvalue weighted by Gasteiger charge is -2.35. The lowest BCUT2D eigenvalue weighted by molar-refractivity contribution is 0.155. The van der Waals surface area contributed by atoms with Gasteiger partial charge in [0.15, 0.2) is 0 Å². The van der Waals surface area contributed by atoms with Gasteiger partial charge in [-0.2, -0.15) is 0 Å². The molecule has 0 radical (unpaired) electrons. The molecule has 1 aliphatic carbocycles. The summed E-state index contributed by atoms with van der Waals surface area (Å²) in [4.78, 5) is 0. The van der Waals surface area contributed by atoms with Gasteiger partial charge >= 0.3 is 0 Å². The van der Waals surface area contributed by atoms with Gasteiger partial charge in [0.25, 0.3) is 0 Å². The topological polar surface area (TPSA) is 0 Å². The fourth-order valence-electron chi connectivity index (χ4n) is 3.23. The average molecular weight is 238 g/mol. The zero-order valence-electron chi connectivity index (χ0n) is 12.7. The third-order valence-electron chi connectivity index (χ3n) is 4.97. The van der Waals surface area contributed by atoms with E-state index in [1.165, 1.54) is 64.2 Å². The van der Waals surface area contributed by atoms with Crippen molar-refractivity contribution in [1.29, 1.82) is 0 Å². The van der Waals surface area contributed by atoms with Gasteiger partial charge in [-0.1, -0.05) is 91.9 Å². The van der Waals surface area contributed by atoms with E-state index in [1.807, 2.05) is 0 Å². The maximum Gasteiger partial charge on any atom is -0.0354 e. The van der Waals surface area contributed by atoms with Crippen molar-refractivity contribution in [2.75, 3.05) is 0 Å². The summed E-state index contributed by atoms with van der Waals surface area (Å²) in [5.74, 6) is 1.86. The number of hydrogen-bond acceptors (Lipinski definition) is 0. The molecule has 0 saturated heterocycles. The van der Waals surface area contributed by atoms with Crippen molar-refractivity contribution in [3.63, 3.8) is 0 Å². The van der Waals surface area contributed by atoms with E-state index in [-0.39, 0.29) is 0 Å². The van der Waals surface area contributed by atoms with Crippen LogP contribution in [0.3, 0.4) is 0 Å². The summed E-state index contributed by atoms with van der Waals surface area (Å²) in [6, 6.07) is 0. The van der Waals surface area contributed by atoms with Crippen LogP contribution in [0, 0.1) is 17.3 Å². The van der Waals surface area contributed by atoms with Crippen LogP contribution in [0.1, 0.15) is 91.9 Å². The maximum absolute atomic E-state index is 2.49. The van der Waals surface area contributed by atoms with E-state index in [9.17, 15) is 0 Å². The minimum Gasteiger partial charge on any atom is -0.0617 e. The van der Waals surface area contributed by atoms with Gasteiger partial charge in [-0.05, 0) is 17.3 Å². The van der Waals surface area contributed by atoms with Gasteiger partial charge in [-0.3, -0.25) is 0 Å². The summed E-state index contributed by atoms with van der Waals surface area (Å²) >= 11 is 0. The monoisotopic (exact) mass is 238 g/mol. The minimum atomic E-state index is 0.491. The van der Waals surface area contributed by atoms with Gasteiger partial charge in [-0.15, -0.1) is 0 Å². The molecule has 0 bridgehead atoms. The van der Waals surface area contributed by atoms with Gasteiger partial charge in [0, 0.05) is 0 Å². The maximum atomic E-state index is 2.49. The van der Waals surface area contributed by atoms with E-state index < -0.39 is 0 Å². The molecule has 1 saturated carbocycles. The molecule has 1 rings (SSSR count). The van der Waals surface area contributed by atoms with E-state index in [1.54, 1.807) is 0 Å². The van der Waals surface area contributed by atoms with Crippen LogP contribution in [0.15, 0.2) is 0 Å². The number of hydrogen-bond donors (Lipinski definition) is 0. The SMILES string of the molecule is CC(C1CCCCCCCCCC1)C(C)(C)C. The average Bonchev–Trinajstić information content (AvgIpc) is 2.31. The Morgan fingerprint density at radius 2 is 1.06 bits per heavy atom. The highest BCUT2D eigenvalue weighted by atomic mass is 14.3. The Morgan fingerprint density at radius 1 is 0.706 bits per heavy atom. The molecule has 1 aliphatic rings. The zero-order valence-corrected chi connectivity index (χ0v) is 12.7. The minimum absolute atomic E-state index is 0.491. The molecule has 102 valence electrons. The van der Waals surface area contributed by atoms with Gasteiger partial charge in [0.05, 0.1) is 0 Å². The molecule has 0 N–H and O–H groups in total. The first-order valence-corrected chi connectivity index (χ1v) is 8.02. The molecule has 17 heavy (non-hydrogen) atoms. The first kappa shape index (κ1) is 15.1. The molecule has 0 heteroatoms. The highest BCUT2D eigenvalue weighted by Gasteiger charge is 2.27. The Balaban J connectivity index is 2.47. The van der Waals surface area contributed by atoms with Crippen LogP contribution in [-0.2, 0) is 0 Å². The van der Waals surface area contributed by atoms with E-state index in [0.717, 1.165) is 11.8 Å². The van der Waals surface area contributed by atoms with Gasteiger partial charge in [0.1, 0.15) is 0 Å². The smallest absolute Gasteiger partial charge is 0.0354 e. The number of rotatable bonds is 1. The Morgan fingerprint density at radius 3 is 1.41 bits per heavy atom. The van der Waals surface area contributed by atoms with Crippen molar-refractivity contribution in [3.8, 4) is 0 Å². The molecule has 0 amide bonds. The van der Waals surface area contributed by atoms with Gasteiger partial charge in [0.2, 0.25) is 0 Å². The van der Waals surface area contributed by atoms with Crippen LogP contribution in [-0.4, -0.2) is 0 Å². The van der Waals surface area contributed by atoms with Gasteiger partial charge in [-0.25, -0.2) is 0 Å². The van der Waals surface area contributed by atoms with Crippen molar-refractivity contribution in [1.82, 2.24) is 0 Å². The Kier molecular flexibility index (Phi) is 6.59. The van der Waals surface area contributed by atoms with E-state index >= 15 is 0 Å². The first-order chi connectivity index (χ1) is 8.02. The predicted octanol–water partition coefficient (Wildman–Crippen LogP) is 6.20. The van der Waals surface area contributed by atoms with Crippen LogP contribution >= 0.6 is 0 Å². The van der Waals surface area contributed by atoms with Crippen LogP contribution < -0.4 is 0 Å². The van der Waals surface area contributed by atoms with Crippen LogP contribution in [0.25, 0.3) is 0 Å². The Hall–Kier alpha value is 0. The summed E-state index contributed by atoms with van der Waals surface area (Å²) in [5, 5.41) is 0. The second-order valence-electron chi connectivity index (χ2n) is 7.32. The van der Waals surface area contributed by atoms with E-state index in [4.69, 9.17) is 0 Å². The standard InChI is InChI=1S/C17H34/c1-15(17(2,3)4)16-13-11-9-7-5-6-8-10-12-14-16/h15-16H,5-14H2,1-4H3. The van der Waals surface area contributed by atoms with E-state index in [0.29, 0.717) is 5.41 Å². The van der Waals surface area contributed by atoms with Gasteiger partial charge < -0.3 is 0 Å². The summed E-state index contributed by atoms with van der Waals surface area (Å²) in [5.41, 5.74) is 0.491. The molecule has 0 aromatic carbocycles. The summed E-state index contributed by atoms with van der Waals surface area (Å²) in [6.45, 7) is 9.75. The van der Waals surface area contributed by atoms with Crippen molar-refractivity contribution in [3.05, 3.63) is 0 Å². The van der Waals surface area contributed by atoms with Crippen molar-refractivity contribution in [2.24, 2.45) is 17.3 Å². The summed E-state index contributed by atoms with van der Waals surface area (Å²) < 4.78 is 0. The normalized spacial score (nSPS) is 24.0. The molecule has 0 heterocycles. The van der Waals surface area contributed by atoms with Crippen molar-refractivity contribution < 1.29 is 0 Å². The molecular weight excluding hydrogens is 204 g/mol. The van der Waals surface area contributed by atoms with Crippen molar-refractivity contribution >= 4 is 0 Å². The third-order valence-corrected chi connectivity index (χ3v) is 4.97. The molecule has 0 nitrogen and oxygen atoms in total.